The molecule has 0 unspecified atom stereocenters. The van der Waals surface area contributed by atoms with E-state index in [1.54, 1.807) is 12.3 Å². The maximum atomic E-state index is 3.92. The lowest BCUT2D eigenvalue weighted by molar-refractivity contribution is 1.27. The highest BCUT2D eigenvalue weighted by Crippen LogP contribution is 2.11. The molecule has 0 aliphatic carbocycles. The van der Waals surface area contributed by atoms with Gasteiger partial charge in [-0.25, -0.2) is 9.98 Å². The third-order valence-corrected chi connectivity index (χ3v) is 1.34. The lowest BCUT2D eigenvalue weighted by Gasteiger charge is -1.88. The van der Waals surface area contributed by atoms with Crippen molar-refractivity contribution in [2.75, 3.05) is 0 Å². The van der Waals surface area contributed by atoms with Gasteiger partial charge in [0, 0.05) is 10.7 Å². The molecule has 0 radical (unpaired) electrons. The Balaban J connectivity index is 3.01. The van der Waals surface area contributed by atoms with Crippen LogP contribution in [0.1, 0.15) is 0 Å². The van der Waals surface area contributed by atoms with Gasteiger partial charge in [0.15, 0.2) is 5.82 Å². The number of halogens is 1. The number of aromatic nitrogens is 1. The predicted octanol–water partition coefficient (Wildman–Crippen LogP) is 2.18. The molecule has 1 heterocycles. The Bertz CT molecular complexity index is 205. The predicted molar refractivity (Wildman–Crippen MR) is 41.1 cm³/mol. The van der Waals surface area contributed by atoms with E-state index in [0.717, 1.165) is 4.47 Å². The fraction of sp³-hybridized carbons (Fsp3) is 0. The van der Waals surface area contributed by atoms with E-state index >= 15 is 0 Å². The monoisotopic (exact) mass is 184 g/mol. The summed E-state index contributed by atoms with van der Waals surface area (Å²) in [5, 5.41) is 0. The molecule has 0 amide bonds. The van der Waals surface area contributed by atoms with E-state index < -0.39 is 0 Å². The maximum Gasteiger partial charge on any atom is 0.151 e. The Morgan fingerprint density at radius 1 is 1.56 bits per heavy atom. The average Bonchev–Trinajstić information content (AvgIpc) is 1.90. The number of nitrogens with zero attached hydrogens (tertiary/aromatic N) is 2. The van der Waals surface area contributed by atoms with Crippen LogP contribution in [0.4, 0.5) is 5.82 Å². The van der Waals surface area contributed by atoms with Crippen LogP contribution < -0.4 is 0 Å². The molecule has 1 rings (SSSR count). The third-order valence-electron chi connectivity index (χ3n) is 0.874. The van der Waals surface area contributed by atoms with Crippen molar-refractivity contribution in [3.63, 3.8) is 0 Å². The van der Waals surface area contributed by atoms with Gasteiger partial charge in [-0.15, -0.1) is 0 Å². The van der Waals surface area contributed by atoms with Crippen LogP contribution in [0.25, 0.3) is 0 Å². The number of pyridine rings is 1. The van der Waals surface area contributed by atoms with Crippen molar-refractivity contribution in [3.8, 4) is 0 Å². The van der Waals surface area contributed by atoms with E-state index in [4.69, 9.17) is 0 Å². The number of aliphatic imine (C=N–C) groups is 1. The first-order chi connectivity index (χ1) is 4.33. The highest BCUT2D eigenvalue weighted by molar-refractivity contribution is 9.10. The van der Waals surface area contributed by atoms with Gasteiger partial charge in [0.25, 0.3) is 0 Å². The quantitative estimate of drug-likeness (QED) is 0.615. The first kappa shape index (κ1) is 6.42. The molecule has 0 atom stereocenters. The zero-order valence-electron chi connectivity index (χ0n) is 4.71. The van der Waals surface area contributed by atoms with Gasteiger partial charge in [0.05, 0.1) is 0 Å². The van der Waals surface area contributed by atoms with E-state index in [1.807, 2.05) is 6.07 Å². The molecule has 3 heteroatoms. The summed E-state index contributed by atoms with van der Waals surface area (Å²) in [4.78, 5) is 7.55. The normalized spacial score (nSPS) is 9.00. The summed E-state index contributed by atoms with van der Waals surface area (Å²) < 4.78 is 0.954. The van der Waals surface area contributed by atoms with Crippen LogP contribution in [0.15, 0.2) is 27.8 Å². The number of rotatable bonds is 1. The third kappa shape index (κ3) is 1.61. The molecule has 0 aliphatic rings. The molecule has 1 aromatic rings. The smallest absolute Gasteiger partial charge is 0.151 e. The summed E-state index contributed by atoms with van der Waals surface area (Å²) in [5.74, 6) is 0.651. The van der Waals surface area contributed by atoms with Gasteiger partial charge in [-0.05, 0) is 34.8 Å². The van der Waals surface area contributed by atoms with Crippen LogP contribution in [0.5, 0.6) is 0 Å². The molecule has 0 fully saturated rings. The van der Waals surface area contributed by atoms with Crippen LogP contribution in [0.3, 0.4) is 0 Å². The molecule has 0 aromatic carbocycles. The molecule has 0 aliphatic heterocycles. The SMILES string of the molecule is C=Nc1ccc(Br)cn1. The van der Waals surface area contributed by atoms with Gasteiger partial charge < -0.3 is 0 Å². The van der Waals surface area contributed by atoms with E-state index in [9.17, 15) is 0 Å². The second-order valence-corrected chi connectivity index (χ2v) is 2.41. The maximum absolute atomic E-state index is 3.92. The van der Waals surface area contributed by atoms with E-state index in [0.29, 0.717) is 5.82 Å². The van der Waals surface area contributed by atoms with E-state index in [2.05, 4.69) is 32.6 Å². The van der Waals surface area contributed by atoms with Crippen molar-refractivity contribution < 1.29 is 0 Å². The van der Waals surface area contributed by atoms with Gasteiger partial charge in [-0.3, -0.25) is 0 Å². The fourth-order valence-electron chi connectivity index (χ4n) is 0.462. The second-order valence-electron chi connectivity index (χ2n) is 1.49. The van der Waals surface area contributed by atoms with Crippen molar-refractivity contribution >= 4 is 28.5 Å². The van der Waals surface area contributed by atoms with Crippen molar-refractivity contribution in [2.45, 2.75) is 0 Å². The zero-order chi connectivity index (χ0) is 6.69. The zero-order valence-corrected chi connectivity index (χ0v) is 6.30. The molecule has 46 valence electrons. The standard InChI is InChI=1S/C6H5BrN2/c1-8-6-3-2-5(7)4-9-6/h2-4H,1H2. The lowest BCUT2D eigenvalue weighted by atomic mass is 10.5. The van der Waals surface area contributed by atoms with Crippen molar-refractivity contribution in [1.29, 1.82) is 0 Å². The first-order valence-electron chi connectivity index (χ1n) is 2.41. The summed E-state index contributed by atoms with van der Waals surface area (Å²) in [6, 6.07) is 3.66. The van der Waals surface area contributed by atoms with Crippen LogP contribution in [0, 0.1) is 0 Å². The summed E-state index contributed by atoms with van der Waals surface area (Å²) in [7, 11) is 0. The molecule has 9 heavy (non-hydrogen) atoms. The minimum Gasteiger partial charge on any atom is -0.245 e. The van der Waals surface area contributed by atoms with Crippen LogP contribution in [-0.2, 0) is 0 Å². The summed E-state index contributed by atoms with van der Waals surface area (Å²) in [5.41, 5.74) is 0. The topological polar surface area (TPSA) is 25.2 Å². The number of hydrogen-bond acceptors (Lipinski definition) is 2. The van der Waals surface area contributed by atoms with Gasteiger partial charge in [0.1, 0.15) is 0 Å². The lowest BCUT2D eigenvalue weighted by Crippen LogP contribution is -1.70. The molecule has 0 N–H and O–H groups in total. The minimum atomic E-state index is 0.651. The highest BCUT2D eigenvalue weighted by Gasteiger charge is 1.86. The molecule has 2 nitrogen and oxygen atoms in total. The van der Waals surface area contributed by atoms with Crippen LogP contribution in [-0.4, -0.2) is 11.7 Å². The molecular formula is C6H5BrN2. The minimum absolute atomic E-state index is 0.651. The van der Waals surface area contributed by atoms with Gasteiger partial charge >= 0.3 is 0 Å². The van der Waals surface area contributed by atoms with E-state index in [1.165, 1.54) is 0 Å². The molecule has 1 aromatic heterocycles. The highest BCUT2D eigenvalue weighted by atomic mass is 79.9. The fourth-order valence-corrected chi connectivity index (χ4v) is 0.696. The van der Waals surface area contributed by atoms with Gasteiger partial charge in [-0.1, -0.05) is 0 Å². The number of hydrogen-bond donors (Lipinski definition) is 0. The Hall–Kier alpha value is -0.700. The Morgan fingerprint density at radius 2 is 2.33 bits per heavy atom. The Kier molecular flexibility index (Phi) is 1.95. The second kappa shape index (κ2) is 2.73. The summed E-state index contributed by atoms with van der Waals surface area (Å²) >= 11 is 3.25. The molecule has 0 saturated heterocycles. The van der Waals surface area contributed by atoms with Crippen molar-refractivity contribution in [3.05, 3.63) is 22.8 Å². The van der Waals surface area contributed by atoms with Gasteiger partial charge in [-0.2, -0.15) is 0 Å². The molecule has 0 saturated carbocycles. The van der Waals surface area contributed by atoms with Crippen molar-refractivity contribution in [2.24, 2.45) is 4.99 Å². The first-order valence-corrected chi connectivity index (χ1v) is 3.20. The largest absolute Gasteiger partial charge is 0.245 e. The molecule has 0 bridgehead atoms. The van der Waals surface area contributed by atoms with Crippen LogP contribution >= 0.6 is 15.9 Å². The van der Waals surface area contributed by atoms with Crippen molar-refractivity contribution in [1.82, 2.24) is 4.98 Å². The Morgan fingerprint density at radius 3 is 2.78 bits per heavy atom. The van der Waals surface area contributed by atoms with E-state index in [-0.39, 0.29) is 0 Å². The average molecular weight is 185 g/mol. The molecular weight excluding hydrogens is 180 g/mol. The van der Waals surface area contributed by atoms with Gasteiger partial charge in [0.2, 0.25) is 0 Å². The summed E-state index contributed by atoms with van der Waals surface area (Å²) in [6.45, 7) is 3.33. The Labute approximate surface area is 61.8 Å². The van der Waals surface area contributed by atoms with Crippen LogP contribution in [0.2, 0.25) is 0 Å². The molecule has 0 spiro atoms. The summed E-state index contributed by atoms with van der Waals surface area (Å²) in [6.07, 6.45) is 1.68.